The number of pyridine rings is 1. The molecule has 7 nitrogen and oxygen atoms in total. The standard InChI is InChI=1S/C21H26ClN7/c1-27(2)19-21(23,16-7-3-4-8-17(16)22)15-25-20(26-19)29-13-11-28(12-14-29)18-9-5-6-10-24-18/h3-10,15,19H,11-14,23H2,1-2H3. The number of anilines is 1. The Morgan fingerprint density at radius 1 is 1.03 bits per heavy atom. The van der Waals surface area contributed by atoms with E-state index in [0.717, 1.165) is 43.5 Å². The molecule has 0 spiro atoms. The van der Waals surface area contributed by atoms with Crippen molar-refractivity contribution in [1.29, 1.82) is 0 Å². The Labute approximate surface area is 176 Å². The average Bonchev–Trinajstić information content (AvgIpc) is 2.75. The number of aromatic nitrogens is 1. The smallest absolute Gasteiger partial charge is 0.222 e. The number of hydrogen-bond acceptors (Lipinski definition) is 7. The number of halogens is 1. The summed E-state index contributed by atoms with van der Waals surface area (Å²) in [7, 11) is 3.95. The zero-order valence-corrected chi connectivity index (χ0v) is 17.5. The van der Waals surface area contributed by atoms with Gasteiger partial charge in [-0.3, -0.25) is 4.90 Å². The van der Waals surface area contributed by atoms with Crippen molar-refractivity contribution < 1.29 is 0 Å². The Morgan fingerprint density at radius 2 is 1.72 bits per heavy atom. The molecule has 0 amide bonds. The van der Waals surface area contributed by atoms with Gasteiger partial charge < -0.3 is 15.5 Å². The summed E-state index contributed by atoms with van der Waals surface area (Å²) in [6.07, 6.45) is 3.32. The van der Waals surface area contributed by atoms with Crippen LogP contribution in [0.4, 0.5) is 5.82 Å². The molecule has 3 heterocycles. The third-order valence-corrected chi connectivity index (χ3v) is 5.75. The van der Waals surface area contributed by atoms with Gasteiger partial charge in [0.15, 0.2) is 0 Å². The first-order chi connectivity index (χ1) is 14.0. The van der Waals surface area contributed by atoms with Crippen molar-refractivity contribution in [3.63, 3.8) is 0 Å². The molecule has 2 atom stereocenters. The summed E-state index contributed by atoms with van der Waals surface area (Å²) in [5.74, 6) is 1.73. The summed E-state index contributed by atoms with van der Waals surface area (Å²) < 4.78 is 0. The Kier molecular flexibility index (Phi) is 5.54. The number of hydrogen-bond donors (Lipinski definition) is 1. The first-order valence-corrected chi connectivity index (χ1v) is 10.1. The van der Waals surface area contributed by atoms with Gasteiger partial charge in [-0.15, -0.1) is 0 Å². The lowest BCUT2D eigenvalue weighted by atomic mass is 9.87. The SMILES string of the molecule is CN(C)C1N=C(N2CCN(c3ccccn3)CC2)N=CC1(N)c1ccccc1Cl. The van der Waals surface area contributed by atoms with E-state index in [2.05, 4.69) is 19.8 Å². The highest BCUT2D eigenvalue weighted by atomic mass is 35.5. The third kappa shape index (κ3) is 3.85. The first kappa shape index (κ1) is 19.8. The Morgan fingerprint density at radius 3 is 2.38 bits per heavy atom. The van der Waals surface area contributed by atoms with E-state index in [-0.39, 0.29) is 6.17 Å². The fourth-order valence-corrected chi connectivity index (χ4v) is 4.18. The van der Waals surface area contributed by atoms with Gasteiger partial charge in [0.05, 0.1) is 0 Å². The highest BCUT2D eigenvalue weighted by Gasteiger charge is 2.41. The van der Waals surface area contributed by atoms with E-state index in [1.807, 2.05) is 67.7 Å². The molecule has 1 aromatic heterocycles. The number of nitrogens with two attached hydrogens (primary N) is 1. The summed E-state index contributed by atoms with van der Waals surface area (Å²) in [5.41, 5.74) is 6.74. The molecule has 0 bridgehead atoms. The molecule has 0 saturated carbocycles. The lowest BCUT2D eigenvalue weighted by Gasteiger charge is -2.41. The fourth-order valence-electron chi connectivity index (χ4n) is 3.88. The van der Waals surface area contributed by atoms with Crippen LogP contribution in [0.2, 0.25) is 5.02 Å². The average molecular weight is 412 g/mol. The number of benzene rings is 1. The second-order valence-corrected chi connectivity index (χ2v) is 8.01. The van der Waals surface area contributed by atoms with Crippen LogP contribution in [0.25, 0.3) is 0 Å². The predicted octanol–water partition coefficient (Wildman–Crippen LogP) is 2.04. The summed E-state index contributed by atoms with van der Waals surface area (Å²) in [4.78, 5) is 20.5. The van der Waals surface area contributed by atoms with Gasteiger partial charge in [-0.1, -0.05) is 35.9 Å². The first-order valence-electron chi connectivity index (χ1n) is 9.73. The van der Waals surface area contributed by atoms with Gasteiger partial charge in [-0.25, -0.2) is 15.0 Å². The van der Waals surface area contributed by atoms with Crippen LogP contribution in [0.3, 0.4) is 0 Å². The van der Waals surface area contributed by atoms with Crippen molar-refractivity contribution in [2.24, 2.45) is 15.7 Å². The number of nitrogens with zero attached hydrogens (tertiary/aromatic N) is 6. The molecular weight excluding hydrogens is 386 g/mol. The Bertz CT molecular complexity index is 906. The molecule has 2 aromatic rings. The molecule has 2 unspecified atom stereocenters. The van der Waals surface area contributed by atoms with Gasteiger partial charge >= 0.3 is 0 Å². The summed E-state index contributed by atoms with van der Waals surface area (Å²) >= 11 is 6.45. The quantitative estimate of drug-likeness (QED) is 0.836. The molecular formula is C21H26ClN7. The normalized spacial score (nSPS) is 24.7. The van der Waals surface area contributed by atoms with Crippen molar-refractivity contribution in [1.82, 2.24) is 14.8 Å². The van der Waals surface area contributed by atoms with Crippen LogP contribution < -0.4 is 10.6 Å². The van der Waals surface area contributed by atoms with Gasteiger partial charge in [0, 0.05) is 43.6 Å². The second-order valence-electron chi connectivity index (χ2n) is 7.60. The number of aliphatic imine (C=N–C) groups is 2. The van der Waals surface area contributed by atoms with Crippen molar-refractivity contribution in [3.05, 3.63) is 59.2 Å². The topological polar surface area (TPSA) is 73.3 Å². The maximum absolute atomic E-state index is 6.80. The van der Waals surface area contributed by atoms with E-state index in [0.29, 0.717) is 5.02 Å². The highest BCUT2D eigenvalue weighted by Crippen LogP contribution is 2.32. The van der Waals surface area contributed by atoms with Crippen LogP contribution in [0.1, 0.15) is 5.56 Å². The molecule has 1 aromatic carbocycles. The van der Waals surface area contributed by atoms with Crippen molar-refractivity contribution in [3.8, 4) is 0 Å². The molecule has 8 heteroatoms. The van der Waals surface area contributed by atoms with E-state index < -0.39 is 5.54 Å². The maximum Gasteiger partial charge on any atom is 0.222 e. The highest BCUT2D eigenvalue weighted by molar-refractivity contribution is 6.31. The number of rotatable bonds is 3. The van der Waals surface area contributed by atoms with Crippen molar-refractivity contribution in [2.45, 2.75) is 11.7 Å². The van der Waals surface area contributed by atoms with Crippen LogP contribution in [0.15, 0.2) is 58.6 Å². The van der Waals surface area contributed by atoms with Gasteiger partial charge in [0.1, 0.15) is 17.5 Å². The van der Waals surface area contributed by atoms with Crippen LogP contribution in [0.5, 0.6) is 0 Å². The minimum atomic E-state index is -0.888. The van der Waals surface area contributed by atoms with Gasteiger partial charge in [-0.2, -0.15) is 0 Å². The molecule has 0 aliphatic carbocycles. The predicted molar refractivity (Wildman–Crippen MR) is 119 cm³/mol. The van der Waals surface area contributed by atoms with Gasteiger partial charge in [0.25, 0.3) is 0 Å². The minimum Gasteiger partial charge on any atom is -0.353 e. The van der Waals surface area contributed by atoms with E-state index >= 15 is 0 Å². The molecule has 152 valence electrons. The van der Waals surface area contributed by atoms with Gasteiger partial charge in [-0.05, 0) is 37.9 Å². The van der Waals surface area contributed by atoms with E-state index in [1.165, 1.54) is 0 Å². The number of likely N-dealkylation sites (N-methyl/N-ethyl adjacent to an activating group) is 1. The monoisotopic (exact) mass is 411 g/mol. The van der Waals surface area contributed by atoms with E-state index in [9.17, 15) is 0 Å². The summed E-state index contributed by atoms with van der Waals surface area (Å²) in [6, 6.07) is 13.6. The molecule has 2 aliphatic heterocycles. The molecule has 4 rings (SSSR count). The lowest BCUT2D eigenvalue weighted by Crippen LogP contribution is -2.58. The molecule has 0 radical (unpaired) electrons. The minimum absolute atomic E-state index is 0.302. The van der Waals surface area contributed by atoms with Crippen molar-refractivity contribution >= 4 is 29.6 Å². The number of guanidine groups is 1. The summed E-state index contributed by atoms with van der Waals surface area (Å²) in [6.45, 7) is 3.40. The zero-order chi connectivity index (χ0) is 20.4. The van der Waals surface area contributed by atoms with E-state index in [4.69, 9.17) is 22.3 Å². The largest absolute Gasteiger partial charge is 0.353 e. The van der Waals surface area contributed by atoms with Crippen LogP contribution in [-0.2, 0) is 5.54 Å². The van der Waals surface area contributed by atoms with Crippen LogP contribution >= 0.6 is 11.6 Å². The van der Waals surface area contributed by atoms with Crippen molar-refractivity contribution in [2.75, 3.05) is 45.2 Å². The fraction of sp³-hybridized carbons (Fsp3) is 0.381. The van der Waals surface area contributed by atoms with Crippen LogP contribution in [0, 0.1) is 0 Å². The zero-order valence-electron chi connectivity index (χ0n) is 16.7. The Hall–Kier alpha value is -2.48. The molecule has 29 heavy (non-hydrogen) atoms. The third-order valence-electron chi connectivity index (χ3n) is 5.42. The van der Waals surface area contributed by atoms with E-state index in [1.54, 1.807) is 6.21 Å². The maximum atomic E-state index is 6.80. The van der Waals surface area contributed by atoms with Gasteiger partial charge in [0.2, 0.25) is 5.96 Å². The second kappa shape index (κ2) is 8.10. The molecule has 2 N–H and O–H groups in total. The molecule has 1 saturated heterocycles. The Balaban J connectivity index is 1.53. The molecule has 2 aliphatic rings. The van der Waals surface area contributed by atoms with Crippen LogP contribution in [-0.4, -0.2) is 73.4 Å². The summed E-state index contributed by atoms with van der Waals surface area (Å²) in [5, 5.41) is 0.621. The molecule has 1 fully saturated rings. The lowest BCUT2D eigenvalue weighted by molar-refractivity contribution is 0.226. The number of piperazine rings is 1.